The Morgan fingerprint density at radius 3 is 2.57 bits per heavy atom. The molecule has 0 radical (unpaired) electrons. The van der Waals surface area contributed by atoms with Gasteiger partial charge in [0, 0.05) is 30.6 Å². The van der Waals surface area contributed by atoms with E-state index >= 15 is 0 Å². The average molecular weight is 422 g/mol. The van der Waals surface area contributed by atoms with Gasteiger partial charge in [0.15, 0.2) is 0 Å². The molecule has 1 fully saturated rings. The predicted molar refractivity (Wildman–Crippen MR) is 102 cm³/mol. The van der Waals surface area contributed by atoms with Crippen molar-refractivity contribution < 1.29 is 31.9 Å². The molecule has 0 aliphatic carbocycles. The zero-order valence-corrected chi connectivity index (χ0v) is 16.0. The van der Waals surface area contributed by atoms with Crippen LogP contribution in [0.15, 0.2) is 53.2 Å². The number of benzene rings is 1. The molecule has 1 aliphatic heterocycles. The quantitative estimate of drug-likeness (QED) is 0.720. The number of carbonyl (C=O) groups excluding carboxylic acids is 2. The van der Waals surface area contributed by atoms with Crippen LogP contribution in [0.1, 0.15) is 24.2 Å². The third-order valence-corrected chi connectivity index (χ3v) is 4.74. The van der Waals surface area contributed by atoms with Gasteiger partial charge >= 0.3 is 6.36 Å². The molecule has 0 bridgehead atoms. The number of hydrogen-bond donors (Lipinski definition) is 1. The van der Waals surface area contributed by atoms with E-state index in [9.17, 15) is 22.8 Å². The summed E-state index contributed by atoms with van der Waals surface area (Å²) in [5, 5.41) is 2.81. The van der Waals surface area contributed by atoms with Crippen LogP contribution in [0, 0.1) is 5.92 Å². The molecule has 1 N–H and O–H groups in total. The standard InChI is InChI=1S/C21H21F3N2O4/c22-21(23,24)30-18-6-2-1-4-15(18)7-8-19(27)26-11-9-16(10-12-26)20(28)25-14-17-5-3-13-29-17/h1-8,13,16H,9-12,14H2,(H,25,28)/b8-7-. The Morgan fingerprint density at radius 1 is 1.17 bits per heavy atom. The molecule has 30 heavy (non-hydrogen) atoms. The third kappa shape index (κ3) is 6.13. The van der Waals surface area contributed by atoms with Crippen molar-refractivity contribution in [2.24, 2.45) is 5.92 Å². The minimum Gasteiger partial charge on any atom is -0.467 e. The van der Waals surface area contributed by atoms with Crippen LogP contribution in [-0.4, -0.2) is 36.2 Å². The molecule has 9 heteroatoms. The Hall–Kier alpha value is -3.23. The van der Waals surface area contributed by atoms with E-state index in [4.69, 9.17) is 4.42 Å². The summed E-state index contributed by atoms with van der Waals surface area (Å²) in [6.07, 6.45) is 0.260. The molecule has 0 saturated carbocycles. The number of nitrogens with one attached hydrogen (secondary N) is 1. The molecule has 1 saturated heterocycles. The number of amides is 2. The fraction of sp³-hybridized carbons (Fsp3) is 0.333. The Kier molecular flexibility index (Phi) is 6.81. The molecule has 2 aromatic rings. The summed E-state index contributed by atoms with van der Waals surface area (Å²) >= 11 is 0. The van der Waals surface area contributed by atoms with Gasteiger partial charge < -0.3 is 19.4 Å². The second kappa shape index (κ2) is 9.51. The van der Waals surface area contributed by atoms with Crippen molar-refractivity contribution in [2.75, 3.05) is 13.1 Å². The van der Waals surface area contributed by atoms with E-state index in [1.165, 1.54) is 36.6 Å². The van der Waals surface area contributed by atoms with Crippen LogP contribution in [0.3, 0.4) is 0 Å². The fourth-order valence-corrected chi connectivity index (χ4v) is 3.20. The normalized spacial score (nSPS) is 15.4. The van der Waals surface area contributed by atoms with Gasteiger partial charge in [-0.05, 0) is 37.1 Å². The Labute approximate surface area is 171 Å². The number of para-hydroxylation sites is 1. The first-order chi connectivity index (χ1) is 14.3. The summed E-state index contributed by atoms with van der Waals surface area (Å²) in [6.45, 7) is 1.10. The largest absolute Gasteiger partial charge is 0.573 e. The number of nitrogens with zero attached hydrogens (tertiary/aromatic N) is 1. The van der Waals surface area contributed by atoms with Crippen molar-refractivity contribution in [1.82, 2.24) is 10.2 Å². The number of hydrogen-bond acceptors (Lipinski definition) is 4. The van der Waals surface area contributed by atoms with Crippen molar-refractivity contribution in [3.63, 3.8) is 0 Å². The maximum absolute atomic E-state index is 12.5. The maximum atomic E-state index is 12.5. The number of carbonyl (C=O) groups is 2. The van der Waals surface area contributed by atoms with Gasteiger partial charge in [-0.15, -0.1) is 13.2 Å². The lowest BCUT2D eigenvalue weighted by Crippen LogP contribution is -2.42. The van der Waals surface area contributed by atoms with E-state index in [2.05, 4.69) is 10.1 Å². The van der Waals surface area contributed by atoms with Crippen LogP contribution in [0.4, 0.5) is 13.2 Å². The monoisotopic (exact) mass is 422 g/mol. The van der Waals surface area contributed by atoms with E-state index in [1.807, 2.05) is 0 Å². The van der Waals surface area contributed by atoms with E-state index in [0.717, 1.165) is 0 Å². The van der Waals surface area contributed by atoms with Crippen LogP contribution < -0.4 is 10.1 Å². The number of piperidine rings is 1. The van der Waals surface area contributed by atoms with Crippen LogP contribution in [-0.2, 0) is 16.1 Å². The summed E-state index contributed by atoms with van der Waals surface area (Å²) in [5.74, 6) is -0.329. The zero-order valence-electron chi connectivity index (χ0n) is 16.0. The Morgan fingerprint density at radius 2 is 1.90 bits per heavy atom. The molecule has 2 heterocycles. The lowest BCUT2D eigenvalue weighted by Gasteiger charge is -2.30. The van der Waals surface area contributed by atoms with Crippen molar-refractivity contribution in [3.05, 3.63) is 60.1 Å². The number of ether oxygens (including phenoxy) is 1. The van der Waals surface area contributed by atoms with Gasteiger partial charge in [0.1, 0.15) is 11.5 Å². The van der Waals surface area contributed by atoms with Crippen molar-refractivity contribution in [1.29, 1.82) is 0 Å². The van der Waals surface area contributed by atoms with Gasteiger partial charge in [0.05, 0.1) is 12.8 Å². The molecule has 0 unspecified atom stereocenters. The highest BCUT2D eigenvalue weighted by molar-refractivity contribution is 5.92. The van der Waals surface area contributed by atoms with Crippen LogP contribution in [0.25, 0.3) is 6.08 Å². The fourth-order valence-electron chi connectivity index (χ4n) is 3.20. The van der Waals surface area contributed by atoms with E-state index in [1.54, 1.807) is 23.1 Å². The second-order valence-corrected chi connectivity index (χ2v) is 6.82. The SMILES string of the molecule is O=C(NCc1ccco1)C1CCN(C(=O)/C=C\c2ccccc2OC(F)(F)F)CC1. The molecule has 1 aromatic carbocycles. The molecule has 3 rings (SSSR count). The van der Waals surface area contributed by atoms with Crippen molar-refractivity contribution in [2.45, 2.75) is 25.7 Å². The number of furan rings is 1. The Bertz CT molecular complexity index is 886. The van der Waals surface area contributed by atoms with Gasteiger partial charge in [0.2, 0.25) is 11.8 Å². The maximum Gasteiger partial charge on any atom is 0.573 e. The summed E-state index contributed by atoms with van der Waals surface area (Å²) in [7, 11) is 0. The summed E-state index contributed by atoms with van der Waals surface area (Å²) in [5.41, 5.74) is 0.148. The molecule has 6 nitrogen and oxygen atoms in total. The molecule has 160 valence electrons. The first-order valence-corrected chi connectivity index (χ1v) is 9.43. The average Bonchev–Trinajstić information content (AvgIpc) is 3.24. The van der Waals surface area contributed by atoms with Crippen LogP contribution in [0.2, 0.25) is 0 Å². The highest BCUT2D eigenvalue weighted by Gasteiger charge is 2.32. The molecule has 1 aromatic heterocycles. The third-order valence-electron chi connectivity index (χ3n) is 4.74. The summed E-state index contributed by atoms with van der Waals surface area (Å²) < 4.78 is 46.6. The van der Waals surface area contributed by atoms with Crippen molar-refractivity contribution >= 4 is 17.9 Å². The molecular weight excluding hydrogens is 401 g/mol. The van der Waals surface area contributed by atoms with Crippen molar-refractivity contribution in [3.8, 4) is 5.75 Å². The smallest absolute Gasteiger partial charge is 0.467 e. The van der Waals surface area contributed by atoms with Crippen LogP contribution in [0.5, 0.6) is 5.75 Å². The lowest BCUT2D eigenvalue weighted by atomic mass is 9.96. The second-order valence-electron chi connectivity index (χ2n) is 6.82. The van der Waals surface area contributed by atoms with Gasteiger partial charge in [-0.2, -0.15) is 0 Å². The number of rotatable bonds is 6. The lowest BCUT2D eigenvalue weighted by molar-refractivity contribution is -0.274. The van der Waals surface area contributed by atoms with E-state index in [0.29, 0.717) is 38.2 Å². The molecular formula is C21H21F3N2O4. The molecule has 0 spiro atoms. The predicted octanol–water partition coefficient (Wildman–Crippen LogP) is 3.75. The molecule has 1 aliphatic rings. The number of likely N-dealkylation sites (tertiary alicyclic amines) is 1. The first-order valence-electron chi connectivity index (χ1n) is 9.43. The van der Waals surface area contributed by atoms with Gasteiger partial charge in [0.25, 0.3) is 0 Å². The topological polar surface area (TPSA) is 71.8 Å². The van der Waals surface area contributed by atoms with Gasteiger partial charge in [-0.25, -0.2) is 0 Å². The minimum atomic E-state index is -4.81. The highest BCUT2D eigenvalue weighted by atomic mass is 19.4. The number of halogens is 3. The zero-order chi connectivity index (χ0) is 21.6. The summed E-state index contributed by atoms with van der Waals surface area (Å²) in [4.78, 5) is 26.2. The minimum absolute atomic E-state index is 0.0905. The van der Waals surface area contributed by atoms with Gasteiger partial charge in [-0.3, -0.25) is 9.59 Å². The van der Waals surface area contributed by atoms with E-state index < -0.39 is 6.36 Å². The summed E-state index contributed by atoms with van der Waals surface area (Å²) in [6, 6.07) is 9.10. The molecule has 2 amide bonds. The van der Waals surface area contributed by atoms with E-state index in [-0.39, 0.29) is 29.0 Å². The van der Waals surface area contributed by atoms with Gasteiger partial charge in [-0.1, -0.05) is 18.2 Å². The first kappa shape index (κ1) is 21.5. The number of alkyl halides is 3. The molecule has 0 atom stereocenters. The highest BCUT2D eigenvalue weighted by Crippen LogP contribution is 2.27. The Balaban J connectivity index is 1.50. The van der Waals surface area contributed by atoms with Crippen LogP contribution >= 0.6 is 0 Å².